The van der Waals surface area contributed by atoms with Crippen molar-refractivity contribution in [2.45, 2.75) is 6.92 Å². The highest BCUT2D eigenvalue weighted by molar-refractivity contribution is 5.94. The van der Waals surface area contributed by atoms with Crippen LogP contribution in [0.15, 0.2) is 18.3 Å². The second-order valence-electron chi connectivity index (χ2n) is 2.39. The molecule has 0 aliphatic rings. The summed E-state index contributed by atoms with van der Waals surface area (Å²) >= 11 is 0. The number of primary amides is 1. The lowest BCUT2D eigenvalue weighted by atomic mass is 10.2. The number of nitrogens with two attached hydrogens (primary N) is 1. The standard InChI is InChI=1S/C8H10N2O2.HNO3/c1-2-12-8-6(7(9)11)4-3-5-10-8;2-1(3)4/h3-5H,2H2,1H3,(H2,9,11);(H,2,3,4). The Morgan fingerprint density at radius 2 is 2.31 bits per heavy atom. The van der Waals surface area contributed by atoms with Gasteiger partial charge in [0.05, 0.1) is 6.61 Å². The number of carbonyl (C=O) groups excluding carboxylic acids is 1. The molecule has 0 saturated carbocycles. The van der Waals surface area contributed by atoms with Gasteiger partial charge in [-0.2, -0.15) is 0 Å². The number of pyridine rings is 1. The fraction of sp³-hybridized carbons (Fsp3) is 0.250. The number of nitrogens with zero attached hydrogens (tertiary/aromatic N) is 2. The first-order valence-electron chi connectivity index (χ1n) is 4.20. The number of hydrogen-bond donors (Lipinski definition) is 2. The van der Waals surface area contributed by atoms with Crippen molar-refractivity contribution in [3.05, 3.63) is 34.0 Å². The topological polar surface area (TPSA) is 129 Å². The third kappa shape index (κ3) is 5.37. The van der Waals surface area contributed by atoms with E-state index in [-0.39, 0.29) is 0 Å². The Labute approximate surface area is 90.8 Å². The molecule has 0 aliphatic heterocycles. The van der Waals surface area contributed by atoms with Gasteiger partial charge in [0, 0.05) is 6.20 Å². The van der Waals surface area contributed by atoms with Crippen molar-refractivity contribution in [1.29, 1.82) is 0 Å². The van der Waals surface area contributed by atoms with Crippen molar-refractivity contribution in [1.82, 2.24) is 4.98 Å². The zero-order valence-corrected chi connectivity index (χ0v) is 8.49. The minimum Gasteiger partial charge on any atom is -0.477 e. The van der Waals surface area contributed by atoms with Crippen LogP contribution in [0, 0.1) is 10.1 Å². The molecule has 0 fully saturated rings. The zero-order chi connectivity index (χ0) is 12.6. The third-order valence-electron chi connectivity index (χ3n) is 1.32. The molecule has 1 aromatic heterocycles. The highest BCUT2D eigenvalue weighted by Gasteiger charge is 2.08. The van der Waals surface area contributed by atoms with Crippen molar-refractivity contribution in [3.8, 4) is 5.88 Å². The van der Waals surface area contributed by atoms with Crippen LogP contribution in [0.5, 0.6) is 5.88 Å². The Kier molecular flexibility index (Phi) is 5.95. The van der Waals surface area contributed by atoms with Crippen molar-refractivity contribution < 1.29 is 19.8 Å². The second-order valence-corrected chi connectivity index (χ2v) is 2.39. The lowest BCUT2D eigenvalue weighted by Crippen LogP contribution is -2.13. The first-order chi connectivity index (χ1) is 7.49. The van der Waals surface area contributed by atoms with E-state index in [2.05, 4.69) is 4.98 Å². The average molecular weight is 229 g/mol. The Morgan fingerprint density at radius 3 is 2.75 bits per heavy atom. The van der Waals surface area contributed by atoms with Gasteiger partial charge in [-0.3, -0.25) is 4.79 Å². The fourth-order valence-electron chi connectivity index (χ4n) is 0.830. The number of hydrogen-bond acceptors (Lipinski definition) is 5. The molecule has 16 heavy (non-hydrogen) atoms. The predicted octanol–water partition coefficient (Wildman–Crippen LogP) is 0.232. The minimum absolute atomic E-state index is 0.299. The van der Waals surface area contributed by atoms with Crippen LogP contribution in [0.25, 0.3) is 0 Å². The molecule has 0 atom stereocenters. The summed E-state index contributed by atoms with van der Waals surface area (Å²) in [5.41, 5.74) is 5.40. The van der Waals surface area contributed by atoms with Gasteiger partial charge in [-0.25, -0.2) is 4.98 Å². The van der Waals surface area contributed by atoms with Gasteiger partial charge in [-0.05, 0) is 19.1 Å². The molecule has 1 heterocycles. The molecular weight excluding hydrogens is 218 g/mol. The number of rotatable bonds is 3. The first-order valence-corrected chi connectivity index (χ1v) is 4.20. The molecule has 1 rings (SSSR count). The van der Waals surface area contributed by atoms with Crippen molar-refractivity contribution >= 4 is 5.91 Å². The van der Waals surface area contributed by atoms with E-state index in [9.17, 15) is 4.79 Å². The second kappa shape index (κ2) is 6.98. The molecule has 0 unspecified atom stereocenters. The van der Waals surface area contributed by atoms with Crippen LogP contribution in [-0.2, 0) is 0 Å². The number of aromatic nitrogens is 1. The smallest absolute Gasteiger partial charge is 0.291 e. The fourth-order valence-corrected chi connectivity index (χ4v) is 0.830. The van der Waals surface area contributed by atoms with E-state index in [4.69, 9.17) is 25.8 Å². The molecule has 0 aromatic carbocycles. The Balaban J connectivity index is 0.000000487. The first kappa shape index (κ1) is 13.6. The van der Waals surface area contributed by atoms with Gasteiger partial charge in [0.15, 0.2) is 0 Å². The summed E-state index contributed by atoms with van der Waals surface area (Å²) in [6, 6.07) is 3.23. The molecule has 0 radical (unpaired) electrons. The summed E-state index contributed by atoms with van der Waals surface area (Å²) in [7, 11) is 0. The Hall–Kier alpha value is -2.38. The van der Waals surface area contributed by atoms with Crippen LogP contribution in [0.4, 0.5) is 0 Å². The summed E-state index contributed by atoms with van der Waals surface area (Å²) in [6.07, 6.45) is 1.55. The van der Waals surface area contributed by atoms with Gasteiger partial charge in [0.1, 0.15) is 5.56 Å². The Morgan fingerprint density at radius 1 is 1.75 bits per heavy atom. The monoisotopic (exact) mass is 229 g/mol. The van der Waals surface area contributed by atoms with E-state index >= 15 is 0 Å². The molecule has 0 saturated heterocycles. The number of carbonyl (C=O) groups is 1. The van der Waals surface area contributed by atoms with Crippen molar-refractivity contribution in [2.24, 2.45) is 5.73 Å². The maximum absolute atomic E-state index is 10.8. The lowest BCUT2D eigenvalue weighted by molar-refractivity contribution is -0.742. The average Bonchev–Trinajstić information content (AvgIpc) is 2.18. The van der Waals surface area contributed by atoms with Gasteiger partial charge < -0.3 is 15.7 Å². The SMILES string of the molecule is CCOc1ncccc1C(N)=O.O=[N+]([O-])O. The third-order valence-corrected chi connectivity index (χ3v) is 1.32. The molecular formula is C8H11N3O5. The van der Waals surface area contributed by atoms with E-state index in [1.165, 1.54) is 0 Å². The lowest BCUT2D eigenvalue weighted by Gasteiger charge is -2.04. The molecule has 0 bridgehead atoms. The van der Waals surface area contributed by atoms with E-state index in [0.29, 0.717) is 18.1 Å². The van der Waals surface area contributed by atoms with E-state index < -0.39 is 11.0 Å². The molecule has 0 spiro atoms. The van der Waals surface area contributed by atoms with Crippen molar-refractivity contribution in [2.75, 3.05) is 6.61 Å². The number of amides is 1. The van der Waals surface area contributed by atoms with Gasteiger partial charge in [0.25, 0.3) is 11.0 Å². The highest BCUT2D eigenvalue weighted by atomic mass is 16.9. The largest absolute Gasteiger partial charge is 0.477 e. The van der Waals surface area contributed by atoms with E-state index in [1.54, 1.807) is 18.3 Å². The minimum atomic E-state index is -1.50. The van der Waals surface area contributed by atoms with E-state index in [0.717, 1.165) is 0 Å². The van der Waals surface area contributed by atoms with Gasteiger partial charge in [-0.15, -0.1) is 10.1 Å². The molecule has 8 heteroatoms. The molecule has 0 aliphatic carbocycles. The molecule has 1 amide bonds. The quantitative estimate of drug-likeness (QED) is 0.563. The zero-order valence-electron chi connectivity index (χ0n) is 8.49. The van der Waals surface area contributed by atoms with Crippen LogP contribution >= 0.6 is 0 Å². The van der Waals surface area contributed by atoms with E-state index in [1.807, 2.05) is 6.92 Å². The van der Waals surface area contributed by atoms with Crippen LogP contribution in [0.1, 0.15) is 17.3 Å². The summed E-state index contributed by atoms with van der Waals surface area (Å²) in [5, 5.41) is 13.6. The summed E-state index contributed by atoms with van der Waals surface area (Å²) in [5.74, 6) is -0.223. The molecule has 8 nitrogen and oxygen atoms in total. The summed E-state index contributed by atoms with van der Waals surface area (Å²) in [4.78, 5) is 23.0. The van der Waals surface area contributed by atoms with Gasteiger partial charge in [-0.1, -0.05) is 0 Å². The molecule has 1 aromatic rings. The maximum atomic E-state index is 10.8. The van der Waals surface area contributed by atoms with Crippen LogP contribution in [0.3, 0.4) is 0 Å². The van der Waals surface area contributed by atoms with Gasteiger partial charge in [0.2, 0.25) is 5.88 Å². The highest BCUT2D eigenvalue weighted by Crippen LogP contribution is 2.12. The maximum Gasteiger partial charge on any atom is 0.291 e. The van der Waals surface area contributed by atoms with Crippen LogP contribution in [-0.4, -0.2) is 27.8 Å². The van der Waals surface area contributed by atoms with Crippen LogP contribution < -0.4 is 10.5 Å². The number of ether oxygens (including phenoxy) is 1. The molecule has 88 valence electrons. The van der Waals surface area contributed by atoms with Gasteiger partial charge >= 0.3 is 0 Å². The predicted molar refractivity (Wildman–Crippen MR) is 52.7 cm³/mol. The summed E-state index contributed by atoms with van der Waals surface area (Å²) in [6.45, 7) is 2.29. The summed E-state index contributed by atoms with van der Waals surface area (Å²) < 4.78 is 5.09. The molecule has 3 N–H and O–H groups in total. The Bertz CT molecular complexity index is 364. The van der Waals surface area contributed by atoms with Crippen LogP contribution in [0.2, 0.25) is 0 Å². The van der Waals surface area contributed by atoms with Crippen molar-refractivity contribution in [3.63, 3.8) is 0 Å². The normalized spacial score (nSPS) is 8.56.